The molecule has 14 nitrogen and oxygen atoms in total. The maximum absolute atomic E-state index is 13.3. The minimum Gasteiger partial charge on any atom is -0.497 e. The van der Waals surface area contributed by atoms with Crippen LogP contribution in [0.3, 0.4) is 0 Å². The third-order valence-corrected chi connectivity index (χ3v) is 11.0. The Bertz CT molecular complexity index is 2170. The van der Waals surface area contributed by atoms with Crippen LogP contribution in [0.15, 0.2) is 59.4 Å². The third kappa shape index (κ3) is 6.47. The van der Waals surface area contributed by atoms with E-state index in [1.54, 1.807) is 31.4 Å². The molecule has 8 rings (SSSR count). The summed E-state index contributed by atoms with van der Waals surface area (Å²) in [5, 5.41) is 2.63. The maximum Gasteiger partial charge on any atom is 0.262 e. The van der Waals surface area contributed by atoms with Gasteiger partial charge in [-0.15, -0.1) is 0 Å². The normalized spacial score (nSPS) is 19.9. The molecule has 3 fully saturated rings. The standard InChI is InChI=1S/C39H41N7O7/c1-52-27-20-30-34(32(21-27)53-2)37(49)42-35(40-30)24-3-5-25(6-4-24)44-13-11-23(12-14-44)22-43-15-17-45(18-16-43)26-7-8-28-29(19-26)39(51)46(38(28)50)31-9-10-33(47)41-36(31)48/h3-8,19-21,23,31H,9-18,22H2,1-2H3,(H,40,42,49)(H,41,47,48). The molecule has 4 aliphatic rings. The molecule has 5 heterocycles. The first-order chi connectivity index (χ1) is 25.7. The van der Waals surface area contributed by atoms with Crippen LogP contribution in [0.5, 0.6) is 11.5 Å². The second kappa shape index (κ2) is 14.0. The van der Waals surface area contributed by atoms with Crippen molar-refractivity contribution in [3.05, 3.63) is 76.1 Å². The van der Waals surface area contributed by atoms with Gasteiger partial charge in [-0.25, -0.2) is 4.98 Å². The summed E-state index contributed by atoms with van der Waals surface area (Å²) in [5.74, 6) is 0.0945. The Morgan fingerprint density at radius 2 is 1.45 bits per heavy atom. The van der Waals surface area contributed by atoms with Gasteiger partial charge in [0.25, 0.3) is 17.4 Å². The van der Waals surface area contributed by atoms with Crippen molar-refractivity contribution in [3.8, 4) is 22.9 Å². The monoisotopic (exact) mass is 719 g/mol. The number of aromatic nitrogens is 2. The predicted molar refractivity (Wildman–Crippen MR) is 198 cm³/mol. The average Bonchev–Trinajstić information content (AvgIpc) is 3.42. The molecule has 3 saturated heterocycles. The lowest BCUT2D eigenvalue weighted by Crippen LogP contribution is -2.54. The number of benzene rings is 3. The molecule has 274 valence electrons. The van der Waals surface area contributed by atoms with Gasteiger partial charge in [-0.05, 0) is 67.6 Å². The van der Waals surface area contributed by atoms with Gasteiger partial charge in [-0.3, -0.25) is 39.1 Å². The molecule has 1 aromatic heterocycles. The first-order valence-corrected chi connectivity index (χ1v) is 18.0. The fourth-order valence-electron chi connectivity index (χ4n) is 8.04. The van der Waals surface area contributed by atoms with Crippen molar-refractivity contribution in [3.63, 3.8) is 0 Å². The molecule has 0 radical (unpaired) electrons. The number of anilines is 2. The Labute approximate surface area is 305 Å². The molecule has 0 aliphatic carbocycles. The lowest BCUT2D eigenvalue weighted by molar-refractivity contribution is -0.136. The molecule has 4 aliphatic heterocycles. The van der Waals surface area contributed by atoms with Crippen molar-refractivity contribution in [2.45, 2.75) is 31.7 Å². The summed E-state index contributed by atoms with van der Waals surface area (Å²) in [7, 11) is 3.08. The van der Waals surface area contributed by atoms with Crippen LogP contribution in [0, 0.1) is 5.92 Å². The summed E-state index contributed by atoms with van der Waals surface area (Å²) in [4.78, 5) is 79.2. The second-order valence-electron chi connectivity index (χ2n) is 14.1. The molecule has 0 spiro atoms. The van der Waals surface area contributed by atoms with Crippen molar-refractivity contribution in [2.75, 3.05) is 69.8 Å². The van der Waals surface area contributed by atoms with Gasteiger partial charge >= 0.3 is 0 Å². The van der Waals surface area contributed by atoms with Gasteiger partial charge in [0.2, 0.25) is 11.8 Å². The van der Waals surface area contributed by atoms with Gasteiger partial charge in [-0.1, -0.05) is 0 Å². The zero-order valence-corrected chi connectivity index (χ0v) is 29.7. The van der Waals surface area contributed by atoms with Gasteiger partial charge in [-0.2, -0.15) is 0 Å². The predicted octanol–water partition coefficient (Wildman–Crippen LogP) is 3.05. The van der Waals surface area contributed by atoms with Crippen LogP contribution in [-0.2, 0) is 9.59 Å². The topological polar surface area (TPSA) is 157 Å². The minimum atomic E-state index is -0.970. The zero-order valence-electron chi connectivity index (χ0n) is 29.7. The van der Waals surface area contributed by atoms with Crippen LogP contribution in [0.2, 0.25) is 0 Å². The van der Waals surface area contributed by atoms with Crippen molar-refractivity contribution in [1.82, 2.24) is 25.1 Å². The molecule has 1 atom stereocenters. The average molecular weight is 720 g/mol. The number of H-pyrrole nitrogens is 1. The number of nitrogens with one attached hydrogen (secondary N) is 2. The number of hydrogen-bond acceptors (Lipinski definition) is 11. The largest absolute Gasteiger partial charge is 0.497 e. The number of fused-ring (bicyclic) bond motifs is 2. The molecule has 53 heavy (non-hydrogen) atoms. The Balaban J connectivity index is 0.838. The van der Waals surface area contributed by atoms with Crippen LogP contribution in [-0.4, -0.2) is 109 Å². The zero-order chi connectivity index (χ0) is 36.8. The Morgan fingerprint density at radius 3 is 2.15 bits per heavy atom. The molecule has 3 aromatic carbocycles. The van der Waals surface area contributed by atoms with Crippen molar-refractivity contribution in [2.24, 2.45) is 5.92 Å². The van der Waals surface area contributed by atoms with E-state index in [0.29, 0.717) is 45.3 Å². The summed E-state index contributed by atoms with van der Waals surface area (Å²) in [6, 6.07) is 15.9. The number of nitrogens with zero attached hydrogens (tertiary/aromatic N) is 5. The molecular weight excluding hydrogens is 678 g/mol. The summed E-state index contributed by atoms with van der Waals surface area (Å²) in [6.45, 7) is 6.38. The number of amides is 4. The number of carbonyl (C=O) groups excluding carboxylic acids is 4. The minimum absolute atomic E-state index is 0.0938. The van der Waals surface area contributed by atoms with Crippen molar-refractivity contribution in [1.29, 1.82) is 0 Å². The number of piperidine rings is 2. The number of imide groups is 2. The number of carbonyl (C=O) groups is 4. The first-order valence-electron chi connectivity index (χ1n) is 18.0. The number of aromatic amines is 1. The van der Waals surface area contributed by atoms with Gasteiger partial charge in [0.15, 0.2) is 0 Å². The molecule has 4 aromatic rings. The SMILES string of the molecule is COc1cc(OC)c2c(=O)[nH]c(-c3ccc(N4CCC(CN5CCN(c6ccc7c(c6)C(=O)N(C6CCC(=O)NC6=O)C7=O)CC5)CC4)cc3)nc2c1. The van der Waals surface area contributed by atoms with Crippen LogP contribution in [0.1, 0.15) is 46.4 Å². The van der Waals surface area contributed by atoms with Gasteiger partial charge < -0.3 is 24.3 Å². The number of hydrogen-bond donors (Lipinski definition) is 2. The highest BCUT2D eigenvalue weighted by molar-refractivity contribution is 6.23. The Kier molecular flexibility index (Phi) is 9.06. The molecule has 0 saturated carbocycles. The maximum atomic E-state index is 13.3. The highest BCUT2D eigenvalue weighted by Crippen LogP contribution is 2.33. The van der Waals surface area contributed by atoms with E-state index in [1.165, 1.54) is 7.11 Å². The van der Waals surface area contributed by atoms with E-state index in [2.05, 4.69) is 37.1 Å². The van der Waals surface area contributed by atoms with E-state index in [-0.39, 0.29) is 18.4 Å². The molecule has 1 unspecified atom stereocenters. The number of rotatable bonds is 8. The molecule has 2 N–H and O–H groups in total. The van der Waals surface area contributed by atoms with Gasteiger partial charge in [0, 0.05) is 81.3 Å². The smallest absolute Gasteiger partial charge is 0.262 e. The van der Waals surface area contributed by atoms with Crippen molar-refractivity contribution >= 4 is 45.9 Å². The Hall–Kier alpha value is -5.76. The molecular formula is C39H41N7O7. The van der Waals surface area contributed by atoms with E-state index in [4.69, 9.17) is 14.5 Å². The lowest BCUT2D eigenvalue weighted by Gasteiger charge is -2.40. The van der Waals surface area contributed by atoms with E-state index in [0.717, 1.165) is 80.5 Å². The Morgan fingerprint density at radius 1 is 0.755 bits per heavy atom. The van der Waals surface area contributed by atoms with Crippen LogP contribution >= 0.6 is 0 Å². The van der Waals surface area contributed by atoms with Gasteiger partial charge in [0.05, 0.1) is 30.9 Å². The lowest BCUT2D eigenvalue weighted by atomic mass is 9.95. The third-order valence-electron chi connectivity index (χ3n) is 11.0. The number of piperazine rings is 1. The fourth-order valence-corrected chi connectivity index (χ4v) is 8.04. The van der Waals surface area contributed by atoms with Crippen molar-refractivity contribution < 1.29 is 28.7 Å². The summed E-state index contributed by atoms with van der Waals surface area (Å²) in [5.41, 5.74) is 3.69. The van der Waals surface area contributed by atoms with E-state index >= 15 is 0 Å². The van der Waals surface area contributed by atoms with E-state index in [1.807, 2.05) is 18.2 Å². The molecule has 0 bridgehead atoms. The van der Waals surface area contributed by atoms with Crippen LogP contribution in [0.4, 0.5) is 11.4 Å². The van der Waals surface area contributed by atoms with Crippen LogP contribution in [0.25, 0.3) is 22.3 Å². The highest BCUT2D eigenvalue weighted by atomic mass is 16.5. The summed E-state index contributed by atoms with van der Waals surface area (Å²) in [6.07, 6.45) is 2.42. The molecule has 14 heteroatoms. The van der Waals surface area contributed by atoms with Crippen LogP contribution < -0.4 is 30.1 Å². The second-order valence-corrected chi connectivity index (χ2v) is 14.1. The highest BCUT2D eigenvalue weighted by Gasteiger charge is 2.44. The summed E-state index contributed by atoms with van der Waals surface area (Å²) >= 11 is 0. The van der Waals surface area contributed by atoms with Gasteiger partial charge in [0.1, 0.15) is 28.8 Å². The first kappa shape index (κ1) is 34.3. The quantitative estimate of drug-likeness (QED) is 0.258. The number of ether oxygens (including phenoxy) is 2. The summed E-state index contributed by atoms with van der Waals surface area (Å²) < 4.78 is 10.8. The number of methoxy groups -OCH3 is 2. The van der Waals surface area contributed by atoms with E-state index < -0.39 is 29.7 Å². The van der Waals surface area contributed by atoms with E-state index in [9.17, 15) is 24.0 Å². The fraction of sp³-hybridized carbons (Fsp3) is 0.385. The molecule has 4 amide bonds.